The van der Waals surface area contributed by atoms with E-state index in [1.165, 1.54) is 0 Å². The fourth-order valence-electron chi connectivity index (χ4n) is 3.83. The minimum Gasteiger partial charge on any atom is -0.507 e. The standard InChI is InChI=1S/C25H18O4/c1-2-28-25(27)22-20-14-21(26)18-12-16-10-6-7-11-17(16)13-19(18)24(20)29-23(22)15-8-4-3-5-9-15/h3-14,26H,2H2,1H3. The third-order valence-corrected chi connectivity index (χ3v) is 5.15. The van der Waals surface area contributed by atoms with Crippen LogP contribution in [-0.4, -0.2) is 17.7 Å². The summed E-state index contributed by atoms with van der Waals surface area (Å²) in [5.41, 5.74) is 1.67. The van der Waals surface area contributed by atoms with Gasteiger partial charge in [0, 0.05) is 21.7 Å². The van der Waals surface area contributed by atoms with E-state index in [0.717, 1.165) is 21.7 Å². The zero-order valence-electron chi connectivity index (χ0n) is 15.8. The van der Waals surface area contributed by atoms with Gasteiger partial charge in [0.25, 0.3) is 0 Å². The lowest BCUT2D eigenvalue weighted by molar-refractivity contribution is 0.0529. The number of rotatable bonds is 3. The number of furan rings is 1. The number of phenols is 1. The van der Waals surface area contributed by atoms with Crippen molar-refractivity contribution < 1.29 is 19.1 Å². The van der Waals surface area contributed by atoms with Crippen LogP contribution in [0.25, 0.3) is 43.8 Å². The Morgan fingerprint density at radius 3 is 2.24 bits per heavy atom. The van der Waals surface area contributed by atoms with Crippen molar-refractivity contribution in [2.45, 2.75) is 6.92 Å². The minimum atomic E-state index is -0.468. The average molecular weight is 382 g/mol. The van der Waals surface area contributed by atoms with Crippen molar-refractivity contribution in [2.75, 3.05) is 6.61 Å². The van der Waals surface area contributed by atoms with E-state index in [-0.39, 0.29) is 12.4 Å². The van der Waals surface area contributed by atoms with Crippen LogP contribution in [0.1, 0.15) is 17.3 Å². The van der Waals surface area contributed by atoms with Crippen molar-refractivity contribution in [3.63, 3.8) is 0 Å². The van der Waals surface area contributed by atoms with Gasteiger partial charge in [-0.3, -0.25) is 0 Å². The Hall–Kier alpha value is -3.79. The van der Waals surface area contributed by atoms with Crippen LogP contribution in [0.3, 0.4) is 0 Å². The molecule has 0 radical (unpaired) electrons. The number of hydrogen-bond acceptors (Lipinski definition) is 4. The second kappa shape index (κ2) is 6.67. The Labute approximate surface area is 166 Å². The average Bonchev–Trinajstić information content (AvgIpc) is 3.13. The van der Waals surface area contributed by atoms with Crippen LogP contribution in [0.5, 0.6) is 5.75 Å². The van der Waals surface area contributed by atoms with E-state index in [2.05, 4.69) is 0 Å². The molecule has 1 aromatic heterocycles. The molecule has 1 N–H and O–H groups in total. The molecule has 0 bridgehead atoms. The number of fused-ring (bicyclic) bond motifs is 4. The molecule has 0 aliphatic rings. The number of carbonyl (C=O) groups is 1. The molecule has 0 unspecified atom stereocenters. The van der Waals surface area contributed by atoms with E-state index >= 15 is 0 Å². The van der Waals surface area contributed by atoms with E-state index in [9.17, 15) is 9.90 Å². The number of phenolic OH excluding ortho intramolecular Hbond substituents is 1. The van der Waals surface area contributed by atoms with Crippen LogP contribution in [0, 0.1) is 0 Å². The maximum absolute atomic E-state index is 12.8. The second-order valence-corrected chi connectivity index (χ2v) is 6.91. The van der Waals surface area contributed by atoms with Crippen LogP contribution in [0.2, 0.25) is 0 Å². The molecule has 1 heterocycles. The number of benzene rings is 4. The van der Waals surface area contributed by atoms with Gasteiger partial charge in [-0.25, -0.2) is 4.79 Å². The third-order valence-electron chi connectivity index (χ3n) is 5.15. The van der Waals surface area contributed by atoms with Crippen molar-refractivity contribution in [3.05, 3.63) is 78.4 Å². The third kappa shape index (κ3) is 2.72. The molecule has 0 atom stereocenters. The topological polar surface area (TPSA) is 59.7 Å². The highest BCUT2D eigenvalue weighted by molar-refractivity contribution is 6.19. The molecule has 4 heteroatoms. The number of esters is 1. The van der Waals surface area contributed by atoms with E-state index < -0.39 is 5.97 Å². The predicted molar refractivity (Wildman–Crippen MR) is 114 cm³/mol. The van der Waals surface area contributed by atoms with Crippen LogP contribution >= 0.6 is 0 Å². The molecule has 0 aliphatic heterocycles. The van der Waals surface area contributed by atoms with Gasteiger partial charge >= 0.3 is 5.97 Å². The van der Waals surface area contributed by atoms with Crippen LogP contribution < -0.4 is 0 Å². The SMILES string of the molecule is CCOC(=O)c1c(-c2ccccc2)oc2c1cc(O)c1cc3ccccc3cc12. The van der Waals surface area contributed by atoms with Gasteiger partial charge in [-0.1, -0.05) is 54.6 Å². The van der Waals surface area contributed by atoms with Crippen molar-refractivity contribution in [2.24, 2.45) is 0 Å². The Morgan fingerprint density at radius 2 is 1.55 bits per heavy atom. The number of ether oxygens (including phenoxy) is 1. The highest BCUT2D eigenvalue weighted by atomic mass is 16.5. The molecule has 5 rings (SSSR count). The Morgan fingerprint density at radius 1 is 0.897 bits per heavy atom. The Balaban J connectivity index is 1.92. The first-order valence-corrected chi connectivity index (χ1v) is 9.51. The molecule has 5 aromatic rings. The summed E-state index contributed by atoms with van der Waals surface area (Å²) >= 11 is 0. The van der Waals surface area contributed by atoms with Gasteiger partial charge in [0.05, 0.1) is 6.61 Å². The molecular weight excluding hydrogens is 364 g/mol. The van der Waals surface area contributed by atoms with Crippen molar-refractivity contribution in [1.29, 1.82) is 0 Å². The van der Waals surface area contributed by atoms with Gasteiger partial charge in [-0.15, -0.1) is 0 Å². The molecule has 4 nitrogen and oxygen atoms in total. The normalized spacial score (nSPS) is 11.3. The van der Waals surface area contributed by atoms with E-state index in [1.54, 1.807) is 13.0 Å². The van der Waals surface area contributed by atoms with Crippen LogP contribution in [0.15, 0.2) is 77.2 Å². The summed E-state index contributed by atoms with van der Waals surface area (Å²) in [6.07, 6.45) is 0. The quantitative estimate of drug-likeness (QED) is 0.294. The van der Waals surface area contributed by atoms with Gasteiger partial charge in [-0.05, 0) is 35.9 Å². The van der Waals surface area contributed by atoms with Gasteiger partial charge in [-0.2, -0.15) is 0 Å². The summed E-state index contributed by atoms with van der Waals surface area (Å²) in [5.74, 6) is 0.0768. The largest absolute Gasteiger partial charge is 0.507 e. The molecule has 0 fully saturated rings. The molecule has 142 valence electrons. The van der Waals surface area contributed by atoms with Gasteiger partial charge in [0.1, 0.15) is 22.7 Å². The maximum Gasteiger partial charge on any atom is 0.342 e. The highest BCUT2D eigenvalue weighted by Crippen LogP contribution is 2.42. The molecule has 0 amide bonds. The molecule has 4 aromatic carbocycles. The lowest BCUT2D eigenvalue weighted by Gasteiger charge is -2.06. The van der Waals surface area contributed by atoms with Gasteiger partial charge in [0.2, 0.25) is 0 Å². The first-order chi connectivity index (χ1) is 14.2. The first kappa shape index (κ1) is 17.3. The zero-order valence-corrected chi connectivity index (χ0v) is 15.8. The lowest BCUT2D eigenvalue weighted by atomic mass is 9.99. The Kier molecular flexibility index (Phi) is 3.98. The molecule has 0 aliphatic carbocycles. The summed E-state index contributed by atoms with van der Waals surface area (Å²) in [7, 11) is 0. The summed E-state index contributed by atoms with van der Waals surface area (Å²) in [6.45, 7) is 2.02. The van der Waals surface area contributed by atoms with Crippen LogP contribution in [-0.2, 0) is 4.74 Å². The van der Waals surface area contributed by atoms with Crippen molar-refractivity contribution in [1.82, 2.24) is 0 Å². The molecule has 29 heavy (non-hydrogen) atoms. The van der Waals surface area contributed by atoms with Crippen molar-refractivity contribution in [3.8, 4) is 17.1 Å². The second-order valence-electron chi connectivity index (χ2n) is 6.91. The predicted octanol–water partition coefficient (Wildman–Crippen LogP) is 6.29. The summed E-state index contributed by atoms with van der Waals surface area (Å²) in [6, 6.07) is 22.9. The van der Waals surface area contributed by atoms with E-state index in [1.807, 2.05) is 66.7 Å². The summed E-state index contributed by atoms with van der Waals surface area (Å²) in [4.78, 5) is 12.8. The molecular formula is C25H18O4. The van der Waals surface area contributed by atoms with Gasteiger partial charge in [0.15, 0.2) is 0 Å². The summed E-state index contributed by atoms with van der Waals surface area (Å²) in [5, 5.41) is 14.8. The zero-order chi connectivity index (χ0) is 20.0. The molecule has 0 spiro atoms. The number of carbonyl (C=O) groups excluding carboxylic acids is 1. The smallest absolute Gasteiger partial charge is 0.342 e. The maximum atomic E-state index is 12.8. The lowest BCUT2D eigenvalue weighted by Crippen LogP contribution is -2.05. The van der Waals surface area contributed by atoms with Gasteiger partial charge < -0.3 is 14.3 Å². The minimum absolute atomic E-state index is 0.101. The van der Waals surface area contributed by atoms with Crippen molar-refractivity contribution >= 4 is 38.5 Å². The molecule has 0 saturated carbocycles. The molecule has 0 saturated heterocycles. The van der Waals surface area contributed by atoms with E-state index in [4.69, 9.17) is 9.15 Å². The first-order valence-electron chi connectivity index (χ1n) is 9.51. The number of aromatic hydroxyl groups is 1. The number of hydrogen-bond donors (Lipinski definition) is 1. The fourth-order valence-corrected chi connectivity index (χ4v) is 3.83. The van der Waals surface area contributed by atoms with E-state index in [0.29, 0.717) is 27.7 Å². The monoisotopic (exact) mass is 382 g/mol. The summed E-state index contributed by atoms with van der Waals surface area (Å²) < 4.78 is 11.6. The highest BCUT2D eigenvalue weighted by Gasteiger charge is 2.25. The fraction of sp³-hybridized carbons (Fsp3) is 0.0800. The Bertz CT molecular complexity index is 1380. The van der Waals surface area contributed by atoms with Crippen LogP contribution in [0.4, 0.5) is 0 Å².